The van der Waals surface area contributed by atoms with Gasteiger partial charge < -0.3 is 9.67 Å². The highest BCUT2D eigenvalue weighted by atomic mass is 32.2. The van der Waals surface area contributed by atoms with Crippen molar-refractivity contribution in [2.75, 3.05) is 5.75 Å². The molecule has 0 amide bonds. The first kappa shape index (κ1) is 11.5. The van der Waals surface area contributed by atoms with Crippen LogP contribution in [0.15, 0.2) is 0 Å². The van der Waals surface area contributed by atoms with E-state index in [2.05, 4.69) is 26.5 Å². The van der Waals surface area contributed by atoms with E-state index in [1.807, 2.05) is 0 Å². The summed E-state index contributed by atoms with van der Waals surface area (Å²) in [4.78, 5) is 0. The molecule has 2 unspecified atom stereocenters. The standard InChI is InChI=1S/C12H19N3OS/c16-10-5-3-6-15-11(13-14-12(10)15)8-9-4-1-2-7-17-9/h9-10,16H,1-8H2. The molecule has 0 spiro atoms. The summed E-state index contributed by atoms with van der Waals surface area (Å²) in [5.74, 6) is 3.15. The van der Waals surface area contributed by atoms with Crippen LogP contribution in [-0.2, 0) is 13.0 Å². The topological polar surface area (TPSA) is 50.9 Å². The molecule has 1 saturated heterocycles. The van der Waals surface area contributed by atoms with Gasteiger partial charge in [0.15, 0.2) is 5.82 Å². The number of nitrogens with zero attached hydrogens (tertiary/aromatic N) is 3. The van der Waals surface area contributed by atoms with Crippen molar-refractivity contribution in [3.05, 3.63) is 11.6 Å². The molecule has 94 valence electrons. The number of aliphatic hydroxyl groups excluding tert-OH is 1. The summed E-state index contributed by atoms with van der Waals surface area (Å²) in [6, 6.07) is 0. The Bertz CT molecular complexity index is 387. The molecule has 1 aromatic heterocycles. The Labute approximate surface area is 106 Å². The zero-order valence-corrected chi connectivity index (χ0v) is 10.8. The van der Waals surface area contributed by atoms with Gasteiger partial charge in [0.25, 0.3) is 0 Å². The fourth-order valence-corrected chi connectivity index (χ4v) is 4.04. The summed E-state index contributed by atoms with van der Waals surface area (Å²) in [5, 5.41) is 19.0. The van der Waals surface area contributed by atoms with Crippen molar-refractivity contribution in [2.45, 2.75) is 56.4 Å². The van der Waals surface area contributed by atoms with Crippen molar-refractivity contribution >= 4 is 11.8 Å². The van der Waals surface area contributed by atoms with Gasteiger partial charge in [0.2, 0.25) is 0 Å². The molecule has 2 aliphatic rings. The highest BCUT2D eigenvalue weighted by Gasteiger charge is 2.25. The first-order chi connectivity index (χ1) is 8.34. The normalized spacial score (nSPS) is 29.0. The van der Waals surface area contributed by atoms with E-state index in [1.165, 1.54) is 25.0 Å². The SMILES string of the molecule is OC1CCCn2c(CC3CCCCS3)nnc21. The Balaban J connectivity index is 1.74. The fraction of sp³-hybridized carbons (Fsp3) is 0.833. The molecule has 0 aliphatic carbocycles. The van der Waals surface area contributed by atoms with Crippen LogP contribution < -0.4 is 0 Å². The van der Waals surface area contributed by atoms with E-state index in [0.717, 1.165) is 37.5 Å². The van der Waals surface area contributed by atoms with Gasteiger partial charge in [-0.1, -0.05) is 6.42 Å². The molecule has 2 atom stereocenters. The van der Waals surface area contributed by atoms with Crippen LogP contribution in [0, 0.1) is 0 Å². The van der Waals surface area contributed by atoms with E-state index in [-0.39, 0.29) is 0 Å². The van der Waals surface area contributed by atoms with Crippen LogP contribution in [0.3, 0.4) is 0 Å². The second-order valence-corrected chi connectivity index (χ2v) is 6.39. The van der Waals surface area contributed by atoms with Crippen molar-refractivity contribution in [3.63, 3.8) is 0 Å². The second kappa shape index (κ2) is 4.98. The number of aliphatic hydroxyl groups is 1. The lowest BCUT2D eigenvalue weighted by Crippen LogP contribution is -2.20. The third-order valence-electron chi connectivity index (χ3n) is 3.70. The summed E-state index contributed by atoms with van der Waals surface area (Å²) in [6.45, 7) is 0.978. The molecule has 0 saturated carbocycles. The smallest absolute Gasteiger partial charge is 0.161 e. The molecule has 0 bridgehead atoms. The second-order valence-electron chi connectivity index (χ2n) is 4.98. The maximum Gasteiger partial charge on any atom is 0.161 e. The van der Waals surface area contributed by atoms with Gasteiger partial charge in [0.05, 0.1) is 0 Å². The number of aromatic nitrogens is 3. The molecule has 1 N–H and O–H groups in total. The Kier molecular flexibility index (Phi) is 3.38. The zero-order chi connectivity index (χ0) is 11.7. The molecule has 0 radical (unpaired) electrons. The maximum absolute atomic E-state index is 9.85. The molecule has 1 aromatic rings. The monoisotopic (exact) mass is 253 g/mol. The van der Waals surface area contributed by atoms with Crippen LogP contribution in [0.5, 0.6) is 0 Å². The number of hydrogen-bond donors (Lipinski definition) is 1. The summed E-state index contributed by atoms with van der Waals surface area (Å²) in [5.41, 5.74) is 0. The van der Waals surface area contributed by atoms with Gasteiger partial charge in [-0.25, -0.2) is 0 Å². The van der Waals surface area contributed by atoms with Crippen LogP contribution in [0.1, 0.15) is 49.9 Å². The summed E-state index contributed by atoms with van der Waals surface area (Å²) in [6.07, 6.45) is 6.50. The van der Waals surface area contributed by atoms with Gasteiger partial charge in [-0.3, -0.25) is 0 Å². The average molecular weight is 253 g/mol. The molecule has 0 aromatic carbocycles. The molecule has 1 fully saturated rings. The van der Waals surface area contributed by atoms with Crippen LogP contribution in [0.25, 0.3) is 0 Å². The molecular formula is C12H19N3OS. The van der Waals surface area contributed by atoms with Gasteiger partial charge in [0, 0.05) is 18.2 Å². The summed E-state index contributed by atoms with van der Waals surface area (Å²) < 4.78 is 2.14. The summed E-state index contributed by atoms with van der Waals surface area (Å²) in [7, 11) is 0. The Morgan fingerprint density at radius 3 is 3.00 bits per heavy atom. The molecule has 4 nitrogen and oxygen atoms in total. The Morgan fingerprint density at radius 2 is 2.18 bits per heavy atom. The Hall–Kier alpha value is -0.550. The fourth-order valence-electron chi connectivity index (χ4n) is 2.73. The van der Waals surface area contributed by atoms with Gasteiger partial charge in [-0.05, 0) is 31.4 Å². The van der Waals surface area contributed by atoms with E-state index >= 15 is 0 Å². The van der Waals surface area contributed by atoms with E-state index in [9.17, 15) is 5.11 Å². The Morgan fingerprint density at radius 1 is 1.24 bits per heavy atom. The van der Waals surface area contributed by atoms with Gasteiger partial charge in [0.1, 0.15) is 11.9 Å². The van der Waals surface area contributed by atoms with Gasteiger partial charge in [-0.15, -0.1) is 10.2 Å². The van der Waals surface area contributed by atoms with Crippen molar-refractivity contribution in [1.82, 2.24) is 14.8 Å². The quantitative estimate of drug-likeness (QED) is 0.875. The molecule has 3 heterocycles. The minimum Gasteiger partial charge on any atom is -0.385 e. The molecule has 2 aliphatic heterocycles. The van der Waals surface area contributed by atoms with E-state index < -0.39 is 6.10 Å². The minimum atomic E-state index is -0.399. The molecular weight excluding hydrogens is 234 g/mol. The van der Waals surface area contributed by atoms with E-state index in [4.69, 9.17) is 0 Å². The third-order valence-corrected chi connectivity index (χ3v) is 5.10. The number of thioether (sulfide) groups is 1. The number of hydrogen-bond acceptors (Lipinski definition) is 4. The van der Waals surface area contributed by atoms with Crippen LogP contribution >= 0.6 is 11.8 Å². The average Bonchev–Trinajstić information content (AvgIpc) is 2.76. The van der Waals surface area contributed by atoms with Crippen molar-refractivity contribution in [3.8, 4) is 0 Å². The lowest BCUT2D eigenvalue weighted by atomic mass is 10.1. The lowest BCUT2D eigenvalue weighted by molar-refractivity contribution is 0.133. The molecule has 5 heteroatoms. The molecule has 17 heavy (non-hydrogen) atoms. The van der Waals surface area contributed by atoms with Crippen LogP contribution in [-0.4, -0.2) is 30.9 Å². The number of rotatable bonds is 2. The third kappa shape index (κ3) is 2.36. The minimum absolute atomic E-state index is 0.399. The van der Waals surface area contributed by atoms with Gasteiger partial charge >= 0.3 is 0 Å². The first-order valence-corrected chi connectivity index (χ1v) is 7.61. The highest BCUT2D eigenvalue weighted by Crippen LogP contribution is 2.29. The summed E-state index contributed by atoms with van der Waals surface area (Å²) >= 11 is 2.07. The van der Waals surface area contributed by atoms with Crippen LogP contribution in [0.2, 0.25) is 0 Å². The van der Waals surface area contributed by atoms with Crippen LogP contribution in [0.4, 0.5) is 0 Å². The largest absolute Gasteiger partial charge is 0.385 e. The van der Waals surface area contributed by atoms with Crippen molar-refractivity contribution in [2.24, 2.45) is 0 Å². The van der Waals surface area contributed by atoms with Crippen molar-refractivity contribution < 1.29 is 5.11 Å². The molecule has 3 rings (SSSR count). The van der Waals surface area contributed by atoms with E-state index in [0.29, 0.717) is 5.25 Å². The zero-order valence-electron chi connectivity index (χ0n) is 10.0. The first-order valence-electron chi connectivity index (χ1n) is 6.56. The lowest BCUT2D eigenvalue weighted by Gasteiger charge is -2.23. The van der Waals surface area contributed by atoms with E-state index in [1.54, 1.807) is 0 Å². The van der Waals surface area contributed by atoms with Crippen molar-refractivity contribution in [1.29, 1.82) is 0 Å². The highest BCUT2D eigenvalue weighted by molar-refractivity contribution is 7.99. The predicted molar refractivity (Wildman–Crippen MR) is 68.0 cm³/mol. The van der Waals surface area contributed by atoms with Gasteiger partial charge in [-0.2, -0.15) is 11.8 Å². The maximum atomic E-state index is 9.85. The number of fused-ring (bicyclic) bond motifs is 1. The predicted octanol–water partition coefficient (Wildman–Crippen LogP) is 1.93.